The van der Waals surface area contributed by atoms with Gasteiger partial charge in [0.1, 0.15) is 0 Å². The summed E-state index contributed by atoms with van der Waals surface area (Å²) in [6, 6.07) is 8.27. The molecule has 0 aromatic heterocycles. The summed E-state index contributed by atoms with van der Waals surface area (Å²) < 4.78 is 5.56. The van der Waals surface area contributed by atoms with Crippen LogP contribution in [0.4, 0.5) is 5.69 Å². The number of nitrogens with zero attached hydrogens (tertiary/aromatic N) is 1. The Balaban J connectivity index is 1.89. The minimum absolute atomic E-state index is 0.166. The van der Waals surface area contributed by atoms with Gasteiger partial charge in [-0.05, 0) is 50.4 Å². The number of nitrogens with two attached hydrogens (primary N) is 1. The first-order valence-electron chi connectivity index (χ1n) is 7.17. The molecule has 1 aliphatic rings. The summed E-state index contributed by atoms with van der Waals surface area (Å²) in [4.78, 5) is 2.55. The van der Waals surface area contributed by atoms with E-state index in [1.165, 1.54) is 12.0 Å². The molecule has 1 atom stereocenters. The molecule has 106 valence electrons. The molecule has 3 heteroatoms. The maximum absolute atomic E-state index is 5.73. The molecule has 0 radical (unpaired) electrons. The summed E-state index contributed by atoms with van der Waals surface area (Å²) in [7, 11) is 0. The van der Waals surface area contributed by atoms with Gasteiger partial charge in [0.2, 0.25) is 0 Å². The van der Waals surface area contributed by atoms with Gasteiger partial charge < -0.3 is 10.5 Å². The first-order valence-corrected chi connectivity index (χ1v) is 7.17. The lowest BCUT2D eigenvalue weighted by molar-refractivity contribution is -0.0516. The highest BCUT2D eigenvalue weighted by molar-refractivity contribution is 5.40. The Kier molecular flexibility index (Phi) is 4.48. The van der Waals surface area contributed by atoms with Crippen LogP contribution in [0.15, 0.2) is 24.3 Å². The predicted molar refractivity (Wildman–Crippen MR) is 80.4 cm³/mol. The zero-order chi connectivity index (χ0) is 13.9. The molecular formula is C16H26N2O. The number of rotatable bonds is 4. The van der Waals surface area contributed by atoms with Gasteiger partial charge in [-0.3, -0.25) is 4.90 Å². The van der Waals surface area contributed by atoms with Crippen molar-refractivity contribution in [2.24, 2.45) is 0 Å². The monoisotopic (exact) mass is 262 g/mol. The Labute approximate surface area is 116 Å². The van der Waals surface area contributed by atoms with E-state index in [0.717, 1.165) is 32.0 Å². The van der Waals surface area contributed by atoms with E-state index in [1.54, 1.807) is 0 Å². The molecule has 1 aliphatic heterocycles. The number of morpholine rings is 1. The van der Waals surface area contributed by atoms with E-state index in [2.05, 4.69) is 37.8 Å². The Morgan fingerprint density at radius 3 is 2.63 bits per heavy atom. The molecule has 0 spiro atoms. The standard InChI is InChI=1S/C16H26N2O/c1-13(14-4-6-15(17)7-5-14)8-9-18-10-11-19-12-16(18,2)3/h4-7,13H,8-12,17H2,1-3H3. The van der Waals surface area contributed by atoms with Crippen molar-refractivity contribution in [2.75, 3.05) is 32.0 Å². The summed E-state index contributed by atoms with van der Waals surface area (Å²) in [5.41, 5.74) is 8.11. The SMILES string of the molecule is CC(CCN1CCOCC1(C)C)c1ccc(N)cc1. The van der Waals surface area contributed by atoms with Crippen LogP contribution in [0, 0.1) is 0 Å². The van der Waals surface area contributed by atoms with Gasteiger partial charge in [0.15, 0.2) is 0 Å². The highest BCUT2D eigenvalue weighted by atomic mass is 16.5. The predicted octanol–water partition coefficient (Wildman–Crippen LogP) is 2.87. The lowest BCUT2D eigenvalue weighted by Crippen LogP contribution is -2.53. The average Bonchev–Trinajstić information content (AvgIpc) is 2.37. The number of nitrogen functional groups attached to an aromatic ring is 1. The van der Waals surface area contributed by atoms with Crippen LogP contribution < -0.4 is 5.73 Å². The Bertz CT molecular complexity index is 400. The van der Waals surface area contributed by atoms with Crippen LogP contribution in [0.25, 0.3) is 0 Å². The molecular weight excluding hydrogens is 236 g/mol. The fraction of sp³-hybridized carbons (Fsp3) is 0.625. The summed E-state index contributed by atoms with van der Waals surface area (Å²) in [5, 5.41) is 0. The van der Waals surface area contributed by atoms with Crippen molar-refractivity contribution in [1.29, 1.82) is 0 Å². The number of ether oxygens (including phenoxy) is 1. The molecule has 0 saturated carbocycles. The minimum Gasteiger partial charge on any atom is -0.399 e. The first kappa shape index (κ1) is 14.4. The first-order chi connectivity index (χ1) is 8.99. The van der Waals surface area contributed by atoms with E-state index in [1.807, 2.05) is 12.1 Å². The van der Waals surface area contributed by atoms with E-state index in [4.69, 9.17) is 10.5 Å². The van der Waals surface area contributed by atoms with Gasteiger partial charge in [0, 0.05) is 17.8 Å². The van der Waals surface area contributed by atoms with Gasteiger partial charge >= 0.3 is 0 Å². The summed E-state index contributed by atoms with van der Waals surface area (Å²) >= 11 is 0. The van der Waals surface area contributed by atoms with Crippen molar-refractivity contribution in [3.8, 4) is 0 Å². The normalized spacial score (nSPS) is 21.2. The van der Waals surface area contributed by atoms with Gasteiger partial charge in [-0.2, -0.15) is 0 Å². The van der Waals surface area contributed by atoms with Crippen LogP contribution >= 0.6 is 0 Å². The molecule has 0 amide bonds. The quantitative estimate of drug-likeness (QED) is 0.848. The molecule has 1 unspecified atom stereocenters. The molecule has 1 saturated heterocycles. The second kappa shape index (κ2) is 5.93. The van der Waals surface area contributed by atoms with E-state index < -0.39 is 0 Å². The largest absolute Gasteiger partial charge is 0.399 e. The lowest BCUT2D eigenvalue weighted by Gasteiger charge is -2.42. The third-order valence-electron chi connectivity index (χ3n) is 4.15. The fourth-order valence-electron chi connectivity index (χ4n) is 2.65. The summed E-state index contributed by atoms with van der Waals surface area (Å²) in [5.74, 6) is 0.569. The van der Waals surface area contributed by atoms with Crippen molar-refractivity contribution >= 4 is 5.69 Å². The van der Waals surface area contributed by atoms with E-state index in [9.17, 15) is 0 Å². The van der Waals surface area contributed by atoms with Crippen LogP contribution in [-0.4, -0.2) is 36.7 Å². The highest BCUT2D eigenvalue weighted by Crippen LogP contribution is 2.24. The van der Waals surface area contributed by atoms with Crippen LogP contribution in [0.1, 0.15) is 38.7 Å². The molecule has 3 nitrogen and oxygen atoms in total. The molecule has 19 heavy (non-hydrogen) atoms. The molecule has 1 aromatic carbocycles. The molecule has 1 fully saturated rings. The number of hydrogen-bond donors (Lipinski definition) is 1. The van der Waals surface area contributed by atoms with Crippen molar-refractivity contribution in [1.82, 2.24) is 4.90 Å². The third kappa shape index (κ3) is 3.71. The van der Waals surface area contributed by atoms with Gasteiger partial charge in [-0.15, -0.1) is 0 Å². The van der Waals surface area contributed by atoms with Crippen molar-refractivity contribution in [3.05, 3.63) is 29.8 Å². The van der Waals surface area contributed by atoms with Gasteiger partial charge in [-0.25, -0.2) is 0 Å². The molecule has 0 aliphatic carbocycles. The average molecular weight is 262 g/mol. The van der Waals surface area contributed by atoms with Crippen LogP contribution in [0.5, 0.6) is 0 Å². The minimum atomic E-state index is 0.166. The zero-order valence-electron chi connectivity index (χ0n) is 12.4. The Morgan fingerprint density at radius 1 is 1.32 bits per heavy atom. The van der Waals surface area contributed by atoms with E-state index in [-0.39, 0.29) is 5.54 Å². The number of benzene rings is 1. The van der Waals surface area contributed by atoms with E-state index in [0.29, 0.717) is 5.92 Å². The molecule has 1 aromatic rings. The third-order valence-corrected chi connectivity index (χ3v) is 4.15. The summed E-state index contributed by atoms with van der Waals surface area (Å²) in [6.07, 6.45) is 1.17. The Hall–Kier alpha value is -1.06. The van der Waals surface area contributed by atoms with E-state index >= 15 is 0 Å². The molecule has 0 bridgehead atoms. The van der Waals surface area contributed by atoms with Crippen LogP contribution in [-0.2, 0) is 4.74 Å². The second-order valence-corrected chi connectivity index (χ2v) is 6.21. The summed E-state index contributed by atoms with van der Waals surface area (Å²) in [6.45, 7) is 10.7. The van der Waals surface area contributed by atoms with Crippen LogP contribution in [0.2, 0.25) is 0 Å². The molecule has 2 rings (SSSR count). The molecule has 2 N–H and O–H groups in total. The zero-order valence-corrected chi connectivity index (χ0v) is 12.4. The Morgan fingerprint density at radius 2 is 2.00 bits per heavy atom. The second-order valence-electron chi connectivity index (χ2n) is 6.21. The maximum Gasteiger partial charge on any atom is 0.0645 e. The van der Waals surface area contributed by atoms with Gasteiger partial charge in [-0.1, -0.05) is 19.1 Å². The van der Waals surface area contributed by atoms with Gasteiger partial charge in [0.25, 0.3) is 0 Å². The lowest BCUT2D eigenvalue weighted by atomic mass is 9.95. The van der Waals surface area contributed by atoms with Crippen molar-refractivity contribution in [2.45, 2.75) is 38.6 Å². The van der Waals surface area contributed by atoms with Gasteiger partial charge in [0.05, 0.1) is 13.2 Å². The smallest absolute Gasteiger partial charge is 0.0645 e. The fourth-order valence-corrected chi connectivity index (χ4v) is 2.65. The topological polar surface area (TPSA) is 38.5 Å². The molecule has 1 heterocycles. The highest BCUT2D eigenvalue weighted by Gasteiger charge is 2.30. The van der Waals surface area contributed by atoms with Crippen molar-refractivity contribution in [3.63, 3.8) is 0 Å². The maximum atomic E-state index is 5.73. The number of anilines is 1. The van der Waals surface area contributed by atoms with Crippen LogP contribution in [0.3, 0.4) is 0 Å². The van der Waals surface area contributed by atoms with Crippen molar-refractivity contribution < 1.29 is 4.74 Å². The number of hydrogen-bond acceptors (Lipinski definition) is 3.